The summed E-state index contributed by atoms with van der Waals surface area (Å²) in [5.41, 5.74) is 0.711. The van der Waals surface area contributed by atoms with Gasteiger partial charge in [-0.2, -0.15) is 0 Å². The van der Waals surface area contributed by atoms with Crippen LogP contribution in [0.5, 0.6) is 11.5 Å². The number of nitrogens with zero attached hydrogens (tertiary/aromatic N) is 1. The number of ether oxygens (including phenoxy) is 2. The molecular weight excluding hydrogens is 302 g/mol. The maximum atomic E-state index is 12.3. The van der Waals surface area contributed by atoms with E-state index < -0.39 is 0 Å². The number of rotatable bonds is 6. The van der Waals surface area contributed by atoms with E-state index in [0.717, 1.165) is 24.6 Å². The van der Waals surface area contributed by atoms with Crippen molar-refractivity contribution in [1.82, 2.24) is 4.90 Å². The highest BCUT2D eigenvalue weighted by atomic mass is 32.2. The molecule has 118 valence electrons. The maximum absolute atomic E-state index is 12.3. The Bertz CT molecular complexity index is 612. The van der Waals surface area contributed by atoms with Crippen molar-refractivity contribution < 1.29 is 19.1 Å². The first-order valence-corrected chi connectivity index (χ1v) is 7.90. The minimum atomic E-state index is -0.242. The van der Waals surface area contributed by atoms with Crippen LogP contribution >= 0.6 is 11.8 Å². The molecular formula is C16H19NO4S. The average molecular weight is 321 g/mol. The summed E-state index contributed by atoms with van der Waals surface area (Å²) in [5.74, 6) is 0.889. The molecule has 1 fully saturated rings. The summed E-state index contributed by atoms with van der Waals surface area (Å²) in [7, 11) is 3.10. The summed E-state index contributed by atoms with van der Waals surface area (Å²) in [5, 5.41) is -0.216. The summed E-state index contributed by atoms with van der Waals surface area (Å²) in [6.07, 6.45) is 3.43. The second-order valence-electron chi connectivity index (χ2n) is 4.77. The number of hydrogen-bond donors (Lipinski definition) is 0. The first kappa shape index (κ1) is 16.4. The molecule has 0 radical (unpaired) electrons. The SMILES string of the molecule is CCCCN1C(=O)S/C(=C\c2cccc(OC)c2OC)C1=O. The third-order valence-electron chi connectivity index (χ3n) is 3.33. The van der Waals surface area contributed by atoms with E-state index in [1.807, 2.05) is 19.1 Å². The van der Waals surface area contributed by atoms with E-state index in [-0.39, 0.29) is 11.1 Å². The zero-order valence-electron chi connectivity index (χ0n) is 12.9. The molecule has 6 heteroatoms. The van der Waals surface area contributed by atoms with Crippen LogP contribution in [0.4, 0.5) is 4.79 Å². The molecule has 1 aromatic carbocycles. The minimum Gasteiger partial charge on any atom is -0.493 e. The lowest BCUT2D eigenvalue weighted by Crippen LogP contribution is -2.29. The van der Waals surface area contributed by atoms with Gasteiger partial charge in [-0.05, 0) is 30.3 Å². The van der Waals surface area contributed by atoms with E-state index in [4.69, 9.17) is 9.47 Å². The summed E-state index contributed by atoms with van der Waals surface area (Å²) < 4.78 is 10.6. The van der Waals surface area contributed by atoms with Gasteiger partial charge in [0.2, 0.25) is 0 Å². The van der Waals surface area contributed by atoms with Gasteiger partial charge < -0.3 is 9.47 Å². The Hall–Kier alpha value is -1.95. The number of carbonyl (C=O) groups excluding carboxylic acids is 2. The molecule has 2 amide bonds. The van der Waals surface area contributed by atoms with E-state index in [9.17, 15) is 9.59 Å². The van der Waals surface area contributed by atoms with Crippen LogP contribution < -0.4 is 9.47 Å². The number of amides is 2. The van der Waals surface area contributed by atoms with Gasteiger partial charge in [-0.3, -0.25) is 14.5 Å². The largest absolute Gasteiger partial charge is 0.493 e. The molecule has 0 saturated carbocycles. The quantitative estimate of drug-likeness (QED) is 0.750. The van der Waals surface area contributed by atoms with E-state index in [1.54, 1.807) is 26.4 Å². The van der Waals surface area contributed by atoms with Gasteiger partial charge in [-0.15, -0.1) is 0 Å². The van der Waals surface area contributed by atoms with Crippen LogP contribution in [-0.2, 0) is 4.79 Å². The Morgan fingerprint density at radius 2 is 2.00 bits per heavy atom. The molecule has 1 aliphatic heterocycles. The summed E-state index contributed by atoms with van der Waals surface area (Å²) in [6, 6.07) is 5.42. The van der Waals surface area contributed by atoms with Crippen molar-refractivity contribution in [3.63, 3.8) is 0 Å². The van der Waals surface area contributed by atoms with Gasteiger partial charge in [0.1, 0.15) is 0 Å². The third kappa shape index (κ3) is 3.27. The summed E-state index contributed by atoms with van der Waals surface area (Å²) in [4.78, 5) is 26.0. The van der Waals surface area contributed by atoms with Crippen molar-refractivity contribution in [2.24, 2.45) is 0 Å². The fourth-order valence-corrected chi connectivity index (χ4v) is 3.03. The highest BCUT2D eigenvalue weighted by Crippen LogP contribution is 2.37. The van der Waals surface area contributed by atoms with Crippen LogP contribution in [0.2, 0.25) is 0 Å². The van der Waals surface area contributed by atoms with Crippen molar-refractivity contribution in [2.45, 2.75) is 19.8 Å². The molecule has 0 spiro atoms. The van der Waals surface area contributed by atoms with E-state index in [2.05, 4.69) is 0 Å². The van der Waals surface area contributed by atoms with Gasteiger partial charge in [0.15, 0.2) is 11.5 Å². The fraction of sp³-hybridized carbons (Fsp3) is 0.375. The van der Waals surface area contributed by atoms with Crippen LogP contribution in [0.1, 0.15) is 25.3 Å². The number of benzene rings is 1. The van der Waals surface area contributed by atoms with Gasteiger partial charge in [0.25, 0.3) is 11.1 Å². The van der Waals surface area contributed by atoms with Crippen LogP contribution in [-0.4, -0.2) is 36.8 Å². The lowest BCUT2D eigenvalue weighted by atomic mass is 10.1. The van der Waals surface area contributed by atoms with Crippen molar-refractivity contribution in [1.29, 1.82) is 0 Å². The Labute approximate surface area is 134 Å². The van der Waals surface area contributed by atoms with E-state index in [1.165, 1.54) is 4.90 Å². The van der Waals surface area contributed by atoms with Gasteiger partial charge in [0.05, 0.1) is 19.1 Å². The second kappa shape index (κ2) is 7.35. The number of thioether (sulfide) groups is 1. The van der Waals surface area contributed by atoms with Gasteiger partial charge >= 0.3 is 0 Å². The van der Waals surface area contributed by atoms with Gasteiger partial charge in [-0.25, -0.2) is 0 Å². The number of methoxy groups -OCH3 is 2. The van der Waals surface area contributed by atoms with Crippen molar-refractivity contribution in [3.05, 3.63) is 28.7 Å². The topological polar surface area (TPSA) is 55.8 Å². The van der Waals surface area contributed by atoms with E-state index in [0.29, 0.717) is 28.5 Å². The highest BCUT2D eigenvalue weighted by molar-refractivity contribution is 8.18. The Balaban J connectivity index is 2.31. The monoisotopic (exact) mass is 321 g/mol. The third-order valence-corrected chi connectivity index (χ3v) is 4.24. The number of hydrogen-bond acceptors (Lipinski definition) is 5. The minimum absolute atomic E-state index is 0.216. The first-order valence-electron chi connectivity index (χ1n) is 7.08. The van der Waals surface area contributed by atoms with Gasteiger partial charge in [-0.1, -0.05) is 25.5 Å². The molecule has 1 saturated heterocycles. The molecule has 0 N–H and O–H groups in total. The number of unbranched alkanes of at least 4 members (excludes halogenated alkanes) is 1. The second-order valence-corrected chi connectivity index (χ2v) is 5.76. The molecule has 0 aromatic heterocycles. The predicted octanol–water partition coefficient (Wildman–Crippen LogP) is 3.54. The highest BCUT2D eigenvalue weighted by Gasteiger charge is 2.34. The van der Waals surface area contributed by atoms with E-state index >= 15 is 0 Å². The average Bonchev–Trinajstić information content (AvgIpc) is 2.79. The predicted molar refractivity (Wildman–Crippen MR) is 87.1 cm³/mol. The van der Waals surface area contributed by atoms with Crippen molar-refractivity contribution in [2.75, 3.05) is 20.8 Å². The van der Waals surface area contributed by atoms with Crippen molar-refractivity contribution >= 4 is 29.0 Å². The molecule has 0 bridgehead atoms. The number of para-hydroxylation sites is 1. The van der Waals surface area contributed by atoms with Crippen molar-refractivity contribution in [3.8, 4) is 11.5 Å². The maximum Gasteiger partial charge on any atom is 0.293 e. The molecule has 22 heavy (non-hydrogen) atoms. The first-order chi connectivity index (χ1) is 10.6. The van der Waals surface area contributed by atoms with Crippen LogP contribution in [0, 0.1) is 0 Å². The molecule has 1 aromatic rings. The Morgan fingerprint density at radius 1 is 1.23 bits per heavy atom. The summed E-state index contributed by atoms with van der Waals surface area (Å²) in [6.45, 7) is 2.49. The molecule has 5 nitrogen and oxygen atoms in total. The van der Waals surface area contributed by atoms with Crippen LogP contribution in [0.3, 0.4) is 0 Å². The smallest absolute Gasteiger partial charge is 0.293 e. The molecule has 0 unspecified atom stereocenters. The Morgan fingerprint density at radius 3 is 2.64 bits per heavy atom. The molecule has 0 aliphatic carbocycles. The van der Waals surface area contributed by atoms with Crippen LogP contribution in [0.15, 0.2) is 23.1 Å². The standard InChI is InChI=1S/C16H19NO4S/c1-4-5-9-17-15(18)13(22-16(17)19)10-11-7-6-8-12(20-2)14(11)21-3/h6-8,10H,4-5,9H2,1-3H3/b13-10-. The zero-order chi connectivity index (χ0) is 16.1. The molecule has 1 heterocycles. The molecule has 2 rings (SSSR count). The fourth-order valence-electron chi connectivity index (χ4n) is 2.18. The van der Waals surface area contributed by atoms with Gasteiger partial charge in [0, 0.05) is 12.1 Å². The number of imide groups is 1. The lowest BCUT2D eigenvalue weighted by Gasteiger charge is -2.11. The number of carbonyl (C=O) groups is 2. The molecule has 1 aliphatic rings. The normalized spacial score (nSPS) is 16.5. The zero-order valence-corrected chi connectivity index (χ0v) is 13.7. The lowest BCUT2D eigenvalue weighted by molar-refractivity contribution is -0.122. The summed E-state index contributed by atoms with van der Waals surface area (Å²) >= 11 is 0.962. The van der Waals surface area contributed by atoms with Crippen LogP contribution in [0.25, 0.3) is 6.08 Å². The molecule has 0 atom stereocenters. The Kier molecular flexibility index (Phi) is 5.49.